The van der Waals surface area contributed by atoms with Crippen molar-refractivity contribution in [1.82, 2.24) is 0 Å². The van der Waals surface area contributed by atoms with Crippen LogP contribution >= 0.6 is 11.6 Å². The number of hydrogen-bond acceptors (Lipinski definition) is 3. The predicted octanol–water partition coefficient (Wildman–Crippen LogP) is 2.61. The molecule has 0 aromatic heterocycles. The Kier molecular flexibility index (Phi) is 5.46. The second-order valence-electron chi connectivity index (χ2n) is 5.18. The fourth-order valence-electron chi connectivity index (χ4n) is 1.22. The van der Waals surface area contributed by atoms with E-state index < -0.39 is 14.8 Å². The van der Waals surface area contributed by atoms with Crippen LogP contribution in [0, 0.1) is 11.8 Å². The number of anilines is 1. The molecule has 0 spiro atoms. The van der Waals surface area contributed by atoms with Crippen molar-refractivity contribution in [2.45, 2.75) is 31.9 Å². The molecule has 1 aromatic carbocycles. The smallest absolute Gasteiger partial charge is 0.237 e. The highest BCUT2D eigenvalue weighted by atomic mass is 35.5. The fourth-order valence-corrected chi connectivity index (χ4v) is 2.16. The Hall–Kier alpha value is -1.22. The van der Waals surface area contributed by atoms with Crippen molar-refractivity contribution in [3.05, 3.63) is 28.8 Å². The molecule has 0 heterocycles. The van der Waals surface area contributed by atoms with E-state index >= 15 is 0 Å². The molecule has 0 aliphatic heterocycles. The summed E-state index contributed by atoms with van der Waals surface area (Å²) in [5.74, 6) is 5.58. The normalized spacial score (nSPS) is 11.7. The molecule has 4 nitrogen and oxygen atoms in total. The SMILES string of the molecule is CC(C)(C)S(=O)(=O)Nc1cc(Cl)ccc1C#CCCO. The lowest BCUT2D eigenvalue weighted by Gasteiger charge is -2.21. The highest BCUT2D eigenvalue weighted by Crippen LogP contribution is 2.25. The van der Waals surface area contributed by atoms with E-state index in [0.29, 0.717) is 22.7 Å². The summed E-state index contributed by atoms with van der Waals surface area (Å²) in [6, 6.07) is 4.81. The van der Waals surface area contributed by atoms with Crippen molar-refractivity contribution in [1.29, 1.82) is 0 Å². The topological polar surface area (TPSA) is 66.4 Å². The molecule has 1 rings (SSSR count). The molecular weight excluding hydrogens is 298 g/mol. The van der Waals surface area contributed by atoms with Crippen LogP contribution in [0.3, 0.4) is 0 Å². The molecule has 20 heavy (non-hydrogen) atoms. The molecule has 6 heteroatoms. The van der Waals surface area contributed by atoms with E-state index in [-0.39, 0.29) is 6.61 Å². The molecule has 0 radical (unpaired) electrons. The Balaban J connectivity index is 3.18. The van der Waals surface area contributed by atoms with Gasteiger partial charge in [-0.2, -0.15) is 0 Å². The van der Waals surface area contributed by atoms with Gasteiger partial charge in [0.15, 0.2) is 0 Å². The summed E-state index contributed by atoms with van der Waals surface area (Å²) < 4.78 is 25.9. The molecule has 0 saturated heterocycles. The van der Waals surface area contributed by atoms with Crippen LogP contribution < -0.4 is 4.72 Å². The summed E-state index contributed by atoms with van der Waals surface area (Å²) in [6.07, 6.45) is 0.327. The molecule has 110 valence electrons. The van der Waals surface area contributed by atoms with Gasteiger partial charge in [0.05, 0.1) is 17.0 Å². The quantitative estimate of drug-likeness (QED) is 0.843. The molecule has 0 aliphatic rings. The van der Waals surface area contributed by atoms with E-state index in [1.807, 2.05) is 0 Å². The van der Waals surface area contributed by atoms with Crippen LogP contribution in [-0.2, 0) is 10.0 Å². The van der Waals surface area contributed by atoms with E-state index in [4.69, 9.17) is 16.7 Å². The van der Waals surface area contributed by atoms with Crippen LogP contribution in [0.25, 0.3) is 0 Å². The molecule has 0 atom stereocenters. The van der Waals surface area contributed by atoms with Gasteiger partial charge in [-0.1, -0.05) is 23.4 Å². The summed E-state index contributed by atoms with van der Waals surface area (Å²) in [5.41, 5.74) is 0.869. The number of nitrogens with one attached hydrogen (secondary N) is 1. The van der Waals surface area contributed by atoms with Crippen molar-refractivity contribution in [3.8, 4) is 11.8 Å². The fraction of sp³-hybridized carbons (Fsp3) is 0.429. The van der Waals surface area contributed by atoms with E-state index in [1.165, 1.54) is 6.07 Å². The van der Waals surface area contributed by atoms with Gasteiger partial charge in [-0.15, -0.1) is 0 Å². The third-order valence-electron chi connectivity index (χ3n) is 2.49. The predicted molar refractivity (Wildman–Crippen MR) is 82.3 cm³/mol. The van der Waals surface area contributed by atoms with E-state index in [2.05, 4.69) is 16.6 Å². The van der Waals surface area contributed by atoms with Crippen molar-refractivity contribution in [2.75, 3.05) is 11.3 Å². The number of sulfonamides is 1. The lowest BCUT2D eigenvalue weighted by atomic mass is 10.2. The van der Waals surface area contributed by atoms with Crippen LogP contribution in [0.5, 0.6) is 0 Å². The minimum Gasteiger partial charge on any atom is -0.395 e. The van der Waals surface area contributed by atoms with Crippen LogP contribution in [0.2, 0.25) is 5.02 Å². The molecule has 0 unspecified atom stereocenters. The van der Waals surface area contributed by atoms with Crippen molar-refractivity contribution in [3.63, 3.8) is 0 Å². The summed E-state index contributed by atoms with van der Waals surface area (Å²) in [5, 5.41) is 9.14. The summed E-state index contributed by atoms with van der Waals surface area (Å²) >= 11 is 5.90. The standard InChI is InChI=1S/C14H18ClNO3S/c1-14(2,3)20(18,19)16-13-10-12(15)8-7-11(13)6-4-5-9-17/h7-8,10,16-17H,5,9H2,1-3H3. The van der Waals surface area contributed by atoms with Crippen molar-refractivity contribution in [2.24, 2.45) is 0 Å². The van der Waals surface area contributed by atoms with E-state index in [9.17, 15) is 8.42 Å². The number of aliphatic hydroxyl groups excluding tert-OH is 1. The first-order valence-corrected chi connectivity index (χ1v) is 7.95. The minimum atomic E-state index is -3.55. The lowest BCUT2D eigenvalue weighted by Crippen LogP contribution is -2.33. The zero-order valence-corrected chi connectivity index (χ0v) is 13.3. The molecule has 0 bridgehead atoms. The van der Waals surface area contributed by atoms with E-state index in [1.54, 1.807) is 32.9 Å². The molecule has 2 N–H and O–H groups in total. The maximum absolute atomic E-state index is 12.2. The van der Waals surface area contributed by atoms with Crippen LogP contribution in [-0.4, -0.2) is 24.9 Å². The molecular formula is C14H18ClNO3S. The van der Waals surface area contributed by atoms with Gasteiger partial charge in [0, 0.05) is 17.0 Å². The monoisotopic (exact) mass is 315 g/mol. The third kappa shape index (κ3) is 4.41. The Labute approximate surface area is 125 Å². The summed E-state index contributed by atoms with van der Waals surface area (Å²) in [7, 11) is -3.55. The average molecular weight is 316 g/mol. The molecule has 0 amide bonds. The summed E-state index contributed by atoms with van der Waals surface area (Å²) in [4.78, 5) is 0. The van der Waals surface area contributed by atoms with Gasteiger partial charge < -0.3 is 5.11 Å². The summed E-state index contributed by atoms with van der Waals surface area (Å²) in [6.45, 7) is 4.79. The molecule has 1 aromatic rings. The van der Waals surface area contributed by atoms with Gasteiger partial charge in [-0.25, -0.2) is 8.42 Å². The Bertz CT molecular complexity index is 637. The van der Waals surface area contributed by atoms with Gasteiger partial charge in [0.1, 0.15) is 0 Å². The largest absolute Gasteiger partial charge is 0.395 e. The number of benzene rings is 1. The molecule has 0 saturated carbocycles. The highest BCUT2D eigenvalue weighted by Gasteiger charge is 2.29. The third-order valence-corrected chi connectivity index (χ3v) is 4.83. The minimum absolute atomic E-state index is 0.0381. The molecule has 0 aliphatic carbocycles. The maximum Gasteiger partial charge on any atom is 0.237 e. The first-order chi connectivity index (χ1) is 9.17. The molecule has 0 fully saturated rings. The van der Waals surface area contributed by atoms with Gasteiger partial charge in [-0.3, -0.25) is 4.72 Å². The Morgan fingerprint density at radius 3 is 2.55 bits per heavy atom. The van der Waals surface area contributed by atoms with E-state index in [0.717, 1.165) is 0 Å². The Morgan fingerprint density at radius 1 is 1.35 bits per heavy atom. The van der Waals surface area contributed by atoms with Gasteiger partial charge in [0.2, 0.25) is 10.0 Å². The zero-order valence-electron chi connectivity index (χ0n) is 11.7. The number of aliphatic hydroxyl groups is 1. The van der Waals surface area contributed by atoms with Crippen molar-refractivity contribution >= 4 is 27.3 Å². The first-order valence-electron chi connectivity index (χ1n) is 6.09. The van der Waals surface area contributed by atoms with Crippen LogP contribution in [0.4, 0.5) is 5.69 Å². The second kappa shape index (κ2) is 6.49. The first kappa shape index (κ1) is 16.8. The highest BCUT2D eigenvalue weighted by molar-refractivity contribution is 7.94. The van der Waals surface area contributed by atoms with Gasteiger partial charge in [-0.05, 0) is 39.0 Å². The van der Waals surface area contributed by atoms with Crippen LogP contribution in [0.1, 0.15) is 32.8 Å². The van der Waals surface area contributed by atoms with Crippen LogP contribution in [0.15, 0.2) is 18.2 Å². The van der Waals surface area contributed by atoms with Crippen molar-refractivity contribution < 1.29 is 13.5 Å². The zero-order chi connectivity index (χ0) is 15.4. The number of hydrogen-bond donors (Lipinski definition) is 2. The Morgan fingerprint density at radius 2 is 2.00 bits per heavy atom. The van der Waals surface area contributed by atoms with Gasteiger partial charge >= 0.3 is 0 Å². The maximum atomic E-state index is 12.2. The second-order valence-corrected chi connectivity index (χ2v) is 8.06. The van der Waals surface area contributed by atoms with Gasteiger partial charge in [0.25, 0.3) is 0 Å². The average Bonchev–Trinajstić information content (AvgIpc) is 2.30. The number of rotatable bonds is 3. The lowest BCUT2D eigenvalue weighted by molar-refractivity contribution is 0.305. The number of halogens is 1.